The molecule has 1 saturated heterocycles. The van der Waals surface area contributed by atoms with E-state index < -0.39 is 5.97 Å². The molecule has 0 aromatic heterocycles. The third-order valence-corrected chi connectivity index (χ3v) is 5.00. The van der Waals surface area contributed by atoms with Gasteiger partial charge in [-0.25, -0.2) is 4.79 Å². The molecule has 98 valence electrons. The second-order valence-electron chi connectivity index (χ2n) is 4.41. The molecule has 1 aromatic rings. The summed E-state index contributed by atoms with van der Waals surface area (Å²) in [6, 6.07) is 5.76. The fraction of sp³-hybridized carbons (Fsp3) is 0.462. The summed E-state index contributed by atoms with van der Waals surface area (Å²) < 4.78 is 0.860. The molecule has 5 heteroatoms. The van der Waals surface area contributed by atoms with Crippen LogP contribution in [0.3, 0.4) is 0 Å². The third kappa shape index (κ3) is 3.73. The number of carbonyl (C=O) groups is 1. The van der Waals surface area contributed by atoms with Gasteiger partial charge in [-0.2, -0.15) is 11.8 Å². The van der Waals surface area contributed by atoms with Crippen molar-refractivity contribution in [3.05, 3.63) is 33.8 Å². The van der Waals surface area contributed by atoms with Crippen LogP contribution in [0.2, 0.25) is 0 Å². The van der Waals surface area contributed by atoms with Crippen LogP contribution < -0.4 is 5.32 Å². The molecule has 1 aliphatic heterocycles. The van der Waals surface area contributed by atoms with Gasteiger partial charge in [-0.05, 0) is 36.3 Å². The molecule has 0 saturated carbocycles. The van der Waals surface area contributed by atoms with Crippen LogP contribution in [-0.4, -0.2) is 28.6 Å². The van der Waals surface area contributed by atoms with Crippen LogP contribution in [0, 0.1) is 0 Å². The fourth-order valence-electron chi connectivity index (χ4n) is 1.98. The van der Waals surface area contributed by atoms with Gasteiger partial charge in [0.25, 0.3) is 0 Å². The molecule has 0 amide bonds. The molecule has 0 bridgehead atoms. The lowest BCUT2D eigenvalue weighted by Crippen LogP contribution is -2.33. The number of thioether (sulfide) groups is 1. The quantitative estimate of drug-likeness (QED) is 0.891. The van der Waals surface area contributed by atoms with E-state index in [2.05, 4.69) is 21.2 Å². The minimum absolute atomic E-state index is 0.318. The van der Waals surface area contributed by atoms with Gasteiger partial charge < -0.3 is 10.4 Å². The average Bonchev–Trinajstić information content (AvgIpc) is 2.38. The topological polar surface area (TPSA) is 49.3 Å². The number of halogens is 1. The van der Waals surface area contributed by atoms with Gasteiger partial charge in [-0.15, -0.1) is 0 Å². The van der Waals surface area contributed by atoms with Crippen molar-refractivity contribution in [2.75, 3.05) is 11.5 Å². The van der Waals surface area contributed by atoms with Crippen molar-refractivity contribution in [3.8, 4) is 0 Å². The summed E-state index contributed by atoms with van der Waals surface area (Å²) in [4.78, 5) is 10.8. The van der Waals surface area contributed by atoms with Crippen molar-refractivity contribution in [1.82, 2.24) is 5.32 Å². The monoisotopic (exact) mass is 329 g/mol. The highest BCUT2D eigenvalue weighted by Crippen LogP contribution is 2.21. The second kappa shape index (κ2) is 6.59. The maximum Gasteiger partial charge on any atom is 0.335 e. The first-order valence-electron chi connectivity index (χ1n) is 5.99. The maximum atomic E-state index is 10.8. The number of benzene rings is 1. The van der Waals surface area contributed by atoms with Gasteiger partial charge in [-0.1, -0.05) is 22.0 Å². The minimum Gasteiger partial charge on any atom is -0.478 e. The molecule has 1 unspecified atom stereocenters. The largest absolute Gasteiger partial charge is 0.478 e. The van der Waals surface area contributed by atoms with E-state index in [9.17, 15) is 4.79 Å². The van der Waals surface area contributed by atoms with Gasteiger partial charge in [0.15, 0.2) is 0 Å². The summed E-state index contributed by atoms with van der Waals surface area (Å²) in [6.45, 7) is 0.783. The molecule has 0 spiro atoms. The first kappa shape index (κ1) is 13.9. The molecule has 1 fully saturated rings. The molecule has 0 aliphatic carbocycles. The standard InChI is InChI=1S/C13H16BrNO2S/c14-12-6-9(13(16)17)3-4-10(12)7-15-11-2-1-5-18-8-11/h3-4,6,11,15H,1-2,5,7-8H2,(H,16,17). The van der Waals surface area contributed by atoms with Crippen molar-refractivity contribution in [2.24, 2.45) is 0 Å². The first-order chi connectivity index (χ1) is 8.66. The van der Waals surface area contributed by atoms with E-state index in [0.717, 1.165) is 16.6 Å². The van der Waals surface area contributed by atoms with Crippen LogP contribution in [0.15, 0.2) is 22.7 Å². The van der Waals surface area contributed by atoms with Crippen molar-refractivity contribution >= 4 is 33.7 Å². The number of hydrogen-bond acceptors (Lipinski definition) is 3. The van der Waals surface area contributed by atoms with Crippen molar-refractivity contribution < 1.29 is 9.90 Å². The number of carboxylic acids is 1. The van der Waals surface area contributed by atoms with Gasteiger partial charge in [0.1, 0.15) is 0 Å². The Morgan fingerprint density at radius 1 is 1.56 bits per heavy atom. The van der Waals surface area contributed by atoms with Crippen LogP contribution in [0.5, 0.6) is 0 Å². The molecule has 3 nitrogen and oxygen atoms in total. The lowest BCUT2D eigenvalue weighted by molar-refractivity contribution is 0.0697. The lowest BCUT2D eigenvalue weighted by atomic mass is 10.1. The second-order valence-corrected chi connectivity index (χ2v) is 6.41. The smallest absolute Gasteiger partial charge is 0.335 e. The third-order valence-electron chi connectivity index (χ3n) is 3.04. The molecule has 1 aliphatic rings. The van der Waals surface area contributed by atoms with Gasteiger partial charge in [0.2, 0.25) is 0 Å². The molecular weight excluding hydrogens is 314 g/mol. The van der Waals surface area contributed by atoms with E-state index in [0.29, 0.717) is 11.6 Å². The van der Waals surface area contributed by atoms with Gasteiger partial charge in [-0.3, -0.25) is 0 Å². The van der Waals surface area contributed by atoms with E-state index in [1.54, 1.807) is 12.1 Å². The van der Waals surface area contributed by atoms with E-state index in [-0.39, 0.29) is 0 Å². The van der Waals surface area contributed by atoms with E-state index in [4.69, 9.17) is 5.11 Å². The maximum absolute atomic E-state index is 10.8. The summed E-state index contributed by atoms with van der Waals surface area (Å²) in [7, 11) is 0. The Hall–Kier alpha value is -0.520. The summed E-state index contributed by atoms with van der Waals surface area (Å²) in [5.41, 5.74) is 1.43. The molecule has 0 radical (unpaired) electrons. The normalized spacial score (nSPS) is 19.7. The summed E-state index contributed by atoms with van der Waals surface area (Å²) in [6.07, 6.45) is 2.51. The minimum atomic E-state index is -0.890. The number of rotatable bonds is 4. The van der Waals surface area contributed by atoms with Gasteiger partial charge in [0.05, 0.1) is 5.56 Å². The molecule has 1 atom stereocenters. The predicted octanol–water partition coefficient (Wildman–Crippen LogP) is 3.13. The van der Waals surface area contributed by atoms with Crippen LogP contribution in [0.4, 0.5) is 0 Å². The first-order valence-corrected chi connectivity index (χ1v) is 7.94. The van der Waals surface area contributed by atoms with Crippen LogP contribution in [-0.2, 0) is 6.54 Å². The molecule has 1 aromatic carbocycles. The number of nitrogens with one attached hydrogen (secondary N) is 1. The Bertz CT molecular complexity index is 433. The highest BCUT2D eigenvalue weighted by atomic mass is 79.9. The zero-order valence-electron chi connectivity index (χ0n) is 9.99. The van der Waals surface area contributed by atoms with Gasteiger partial charge in [0, 0.05) is 22.8 Å². The van der Waals surface area contributed by atoms with Crippen LogP contribution >= 0.6 is 27.7 Å². The SMILES string of the molecule is O=C(O)c1ccc(CNC2CCCSC2)c(Br)c1. The van der Waals surface area contributed by atoms with Crippen molar-refractivity contribution in [3.63, 3.8) is 0 Å². The fourth-order valence-corrected chi connectivity index (χ4v) is 3.61. The molecule has 18 heavy (non-hydrogen) atoms. The molecule has 2 N–H and O–H groups in total. The Kier molecular flexibility index (Phi) is 5.09. The summed E-state index contributed by atoms with van der Waals surface area (Å²) >= 11 is 5.43. The summed E-state index contributed by atoms with van der Waals surface area (Å²) in [5.74, 6) is 1.55. The van der Waals surface area contributed by atoms with Crippen molar-refractivity contribution in [1.29, 1.82) is 0 Å². The Labute approximate surface area is 119 Å². The lowest BCUT2D eigenvalue weighted by Gasteiger charge is -2.22. The van der Waals surface area contributed by atoms with E-state index in [1.165, 1.54) is 24.3 Å². The Morgan fingerprint density at radius 2 is 2.39 bits per heavy atom. The summed E-state index contributed by atoms with van der Waals surface area (Å²) in [5, 5.41) is 12.4. The van der Waals surface area contributed by atoms with Crippen LogP contribution in [0.25, 0.3) is 0 Å². The number of carboxylic acid groups (broad SMARTS) is 1. The van der Waals surface area contributed by atoms with E-state index >= 15 is 0 Å². The number of aromatic carboxylic acids is 1. The highest BCUT2D eigenvalue weighted by molar-refractivity contribution is 9.10. The Morgan fingerprint density at radius 3 is 3.00 bits per heavy atom. The molecule has 2 rings (SSSR count). The zero-order chi connectivity index (χ0) is 13.0. The Balaban J connectivity index is 1.94. The zero-order valence-corrected chi connectivity index (χ0v) is 12.4. The van der Waals surface area contributed by atoms with E-state index in [1.807, 2.05) is 17.8 Å². The average molecular weight is 330 g/mol. The molecule has 1 heterocycles. The van der Waals surface area contributed by atoms with Crippen molar-refractivity contribution in [2.45, 2.75) is 25.4 Å². The highest BCUT2D eigenvalue weighted by Gasteiger charge is 2.13. The molecular formula is C13H16BrNO2S. The van der Waals surface area contributed by atoms with Gasteiger partial charge >= 0.3 is 5.97 Å². The predicted molar refractivity (Wildman–Crippen MR) is 78.3 cm³/mol. The number of hydrogen-bond donors (Lipinski definition) is 2. The van der Waals surface area contributed by atoms with Crippen LogP contribution in [0.1, 0.15) is 28.8 Å².